The average molecular weight is 326 g/mol. The first-order valence-corrected chi connectivity index (χ1v) is 8.30. The normalized spacial score (nSPS) is 15.3. The summed E-state index contributed by atoms with van der Waals surface area (Å²) in [5.41, 5.74) is 5.23. The zero-order valence-corrected chi connectivity index (χ0v) is 14.1. The monoisotopic (exact) mass is 326 g/mol. The van der Waals surface area contributed by atoms with Crippen LogP contribution in [0.15, 0.2) is 35.6 Å². The molecule has 1 N–H and O–H groups in total. The summed E-state index contributed by atoms with van der Waals surface area (Å²) in [7, 11) is 0. The summed E-state index contributed by atoms with van der Waals surface area (Å²) in [5, 5.41) is 12.7. The Labute approximate surface area is 141 Å². The van der Waals surface area contributed by atoms with Gasteiger partial charge in [-0.1, -0.05) is 35.0 Å². The molecule has 126 valence electrons. The average Bonchev–Trinajstić information content (AvgIpc) is 2.96. The number of esters is 1. The van der Waals surface area contributed by atoms with Gasteiger partial charge in [0.05, 0.1) is 17.9 Å². The van der Waals surface area contributed by atoms with Gasteiger partial charge in [-0.3, -0.25) is 0 Å². The summed E-state index contributed by atoms with van der Waals surface area (Å²) in [6.07, 6.45) is 4.27. The maximum Gasteiger partial charge on any atom is 0.340 e. The van der Waals surface area contributed by atoms with Crippen LogP contribution in [0.5, 0.6) is 0 Å². The molecule has 1 aromatic carbocycles. The van der Waals surface area contributed by atoms with Gasteiger partial charge in [-0.15, -0.1) is 0 Å². The first kappa shape index (κ1) is 16.3. The number of oxime groups is 1. The van der Waals surface area contributed by atoms with Gasteiger partial charge in [-0.05, 0) is 38.7 Å². The van der Waals surface area contributed by atoms with Crippen LogP contribution in [0, 0.1) is 6.92 Å². The van der Waals surface area contributed by atoms with E-state index < -0.39 is 0 Å². The zero-order chi connectivity index (χ0) is 17.1. The summed E-state index contributed by atoms with van der Waals surface area (Å²) in [5.74, 6) is -0.362. The van der Waals surface area contributed by atoms with Crippen LogP contribution in [0.1, 0.15) is 52.5 Å². The molecule has 1 aliphatic rings. The molecule has 3 rings (SSSR count). The summed E-state index contributed by atoms with van der Waals surface area (Å²) in [6, 6.07) is 8.35. The van der Waals surface area contributed by atoms with Crippen molar-refractivity contribution in [3.63, 3.8) is 0 Å². The predicted molar refractivity (Wildman–Crippen MR) is 91.9 cm³/mol. The Morgan fingerprint density at radius 3 is 2.71 bits per heavy atom. The molecule has 2 aromatic rings. The fraction of sp³-hybridized carbons (Fsp3) is 0.368. The summed E-state index contributed by atoms with van der Waals surface area (Å²) in [6.45, 7) is 4.85. The summed E-state index contributed by atoms with van der Waals surface area (Å²) >= 11 is 0. The van der Waals surface area contributed by atoms with Crippen molar-refractivity contribution in [3.8, 4) is 0 Å². The second-order valence-electron chi connectivity index (χ2n) is 6.10. The van der Waals surface area contributed by atoms with Gasteiger partial charge in [0.1, 0.15) is 0 Å². The van der Waals surface area contributed by atoms with Gasteiger partial charge >= 0.3 is 5.97 Å². The quantitative estimate of drug-likeness (QED) is 0.531. The molecule has 5 heteroatoms. The highest BCUT2D eigenvalue weighted by atomic mass is 16.5. The van der Waals surface area contributed by atoms with Gasteiger partial charge in [-0.25, -0.2) is 4.79 Å². The van der Waals surface area contributed by atoms with Crippen molar-refractivity contribution in [1.82, 2.24) is 4.57 Å². The van der Waals surface area contributed by atoms with Crippen molar-refractivity contribution in [2.45, 2.75) is 39.7 Å². The van der Waals surface area contributed by atoms with Crippen molar-refractivity contribution in [1.29, 1.82) is 0 Å². The molecule has 0 unspecified atom stereocenters. The van der Waals surface area contributed by atoms with E-state index in [0.29, 0.717) is 30.8 Å². The molecule has 24 heavy (non-hydrogen) atoms. The molecule has 5 nitrogen and oxygen atoms in total. The minimum Gasteiger partial charge on any atom is -0.462 e. The first-order chi connectivity index (χ1) is 11.6. The predicted octanol–water partition coefficient (Wildman–Crippen LogP) is 3.54. The lowest BCUT2D eigenvalue weighted by molar-refractivity contribution is 0.0526. The van der Waals surface area contributed by atoms with Crippen molar-refractivity contribution in [2.75, 3.05) is 6.61 Å². The molecular formula is C19H22N2O3. The number of carbonyl (C=O) groups excluding carboxylic acids is 1. The number of hydrogen-bond donors (Lipinski definition) is 1. The fourth-order valence-electron chi connectivity index (χ4n) is 3.23. The van der Waals surface area contributed by atoms with E-state index >= 15 is 0 Å². The van der Waals surface area contributed by atoms with Crippen LogP contribution in [0.3, 0.4) is 0 Å². The molecule has 0 saturated heterocycles. The molecule has 0 atom stereocenters. The molecule has 0 bridgehead atoms. The van der Waals surface area contributed by atoms with Crippen molar-refractivity contribution < 1.29 is 14.7 Å². The third-order valence-electron chi connectivity index (χ3n) is 4.39. The molecule has 0 spiro atoms. The third kappa shape index (κ3) is 3.07. The molecule has 1 aliphatic carbocycles. The van der Waals surface area contributed by atoms with Crippen LogP contribution in [0.25, 0.3) is 0 Å². The number of ether oxygens (including phenoxy) is 1. The molecule has 0 amide bonds. The summed E-state index contributed by atoms with van der Waals surface area (Å²) in [4.78, 5) is 12.3. The Bertz CT molecular complexity index is 773. The van der Waals surface area contributed by atoms with E-state index in [4.69, 9.17) is 4.74 Å². The molecule has 1 aromatic heterocycles. The van der Waals surface area contributed by atoms with Gasteiger partial charge < -0.3 is 14.5 Å². The van der Waals surface area contributed by atoms with Crippen LogP contribution in [-0.4, -0.2) is 28.1 Å². The number of fused-ring (bicyclic) bond motifs is 1. The Kier molecular flexibility index (Phi) is 4.69. The number of benzene rings is 1. The van der Waals surface area contributed by atoms with Gasteiger partial charge in [0.25, 0.3) is 0 Å². The molecule has 0 radical (unpaired) electrons. The Balaban J connectivity index is 2.03. The number of nitrogens with zero attached hydrogens (tertiary/aromatic N) is 2. The van der Waals surface area contributed by atoms with E-state index in [-0.39, 0.29) is 5.97 Å². The lowest BCUT2D eigenvalue weighted by Crippen LogP contribution is -2.17. The van der Waals surface area contributed by atoms with Gasteiger partial charge in [0, 0.05) is 24.0 Å². The highest BCUT2D eigenvalue weighted by molar-refractivity contribution is 6.10. The second-order valence-corrected chi connectivity index (χ2v) is 6.10. The van der Waals surface area contributed by atoms with Crippen LogP contribution < -0.4 is 0 Å². The Morgan fingerprint density at radius 2 is 2.04 bits per heavy atom. The molecular weight excluding hydrogens is 304 g/mol. The lowest BCUT2D eigenvalue weighted by atomic mass is 9.93. The second kappa shape index (κ2) is 6.91. The lowest BCUT2D eigenvalue weighted by Gasteiger charge is -2.17. The highest BCUT2D eigenvalue weighted by Crippen LogP contribution is 2.28. The number of hydrogen-bond acceptors (Lipinski definition) is 4. The minimum absolute atomic E-state index is 0.322. The number of aromatic nitrogens is 1. The van der Waals surface area contributed by atoms with Crippen molar-refractivity contribution in [3.05, 3.63) is 58.4 Å². The maximum absolute atomic E-state index is 12.3. The van der Waals surface area contributed by atoms with Crippen LogP contribution in [0.2, 0.25) is 0 Å². The van der Waals surface area contributed by atoms with Gasteiger partial charge in [0.15, 0.2) is 0 Å². The molecule has 0 saturated carbocycles. The summed E-state index contributed by atoms with van der Waals surface area (Å²) < 4.78 is 7.26. The fourth-order valence-corrected chi connectivity index (χ4v) is 3.23. The zero-order valence-electron chi connectivity index (χ0n) is 14.1. The molecule has 0 aliphatic heterocycles. The number of rotatable bonds is 4. The minimum atomic E-state index is -0.362. The molecule has 0 fully saturated rings. The van der Waals surface area contributed by atoms with E-state index in [9.17, 15) is 10.0 Å². The van der Waals surface area contributed by atoms with E-state index in [1.165, 1.54) is 11.1 Å². The topological polar surface area (TPSA) is 63.8 Å². The Morgan fingerprint density at radius 1 is 1.29 bits per heavy atom. The number of carbonyl (C=O) groups is 1. The SMILES string of the molecule is CCOC(=O)c1cn(Cc2ccc(C)cc2)c2c1/C(=N/O)CCC2. The van der Waals surface area contributed by atoms with Crippen LogP contribution in [-0.2, 0) is 17.7 Å². The van der Waals surface area contributed by atoms with Gasteiger partial charge in [-0.2, -0.15) is 0 Å². The first-order valence-electron chi connectivity index (χ1n) is 8.30. The van der Waals surface area contributed by atoms with E-state index in [1.54, 1.807) is 6.92 Å². The van der Waals surface area contributed by atoms with Crippen LogP contribution in [0.4, 0.5) is 0 Å². The Hall–Kier alpha value is -2.56. The highest BCUT2D eigenvalue weighted by Gasteiger charge is 2.28. The molecule has 1 heterocycles. The van der Waals surface area contributed by atoms with E-state index in [2.05, 4.69) is 40.9 Å². The standard InChI is InChI=1S/C19H22N2O3/c1-3-24-19(22)15-12-21(11-14-9-7-13(2)8-10-14)17-6-4-5-16(20-23)18(15)17/h7-10,12,23H,3-6,11H2,1-2H3/b20-16+. The van der Waals surface area contributed by atoms with Gasteiger partial charge in [0.2, 0.25) is 0 Å². The number of aryl methyl sites for hydroxylation is 1. The van der Waals surface area contributed by atoms with Crippen molar-refractivity contribution >= 4 is 11.7 Å². The third-order valence-corrected chi connectivity index (χ3v) is 4.39. The maximum atomic E-state index is 12.3. The van der Waals surface area contributed by atoms with Crippen molar-refractivity contribution in [2.24, 2.45) is 5.16 Å². The largest absolute Gasteiger partial charge is 0.462 e. The van der Waals surface area contributed by atoms with E-state index in [0.717, 1.165) is 24.1 Å². The smallest absolute Gasteiger partial charge is 0.340 e. The van der Waals surface area contributed by atoms with E-state index in [1.807, 2.05) is 6.20 Å². The van der Waals surface area contributed by atoms with Crippen LogP contribution >= 0.6 is 0 Å².